The van der Waals surface area contributed by atoms with E-state index in [1.54, 1.807) is 37.4 Å². The average Bonchev–Trinajstić information content (AvgIpc) is 2.48. The van der Waals surface area contributed by atoms with Gasteiger partial charge >= 0.3 is 0 Å². The Balaban J connectivity index is 2.64. The van der Waals surface area contributed by atoms with Crippen LogP contribution in [0.3, 0.4) is 0 Å². The first kappa shape index (κ1) is 16.1. The predicted octanol–water partition coefficient (Wildman–Crippen LogP) is 0.290. The van der Waals surface area contributed by atoms with Gasteiger partial charge in [0.25, 0.3) is 5.91 Å². The minimum Gasteiger partial charge on any atom is -0.383 e. The average molecular weight is 288 g/mol. The highest BCUT2D eigenvalue weighted by Crippen LogP contribution is 2.09. The van der Waals surface area contributed by atoms with E-state index in [4.69, 9.17) is 21.1 Å². The fourth-order valence-electron chi connectivity index (χ4n) is 1.33. The molecule has 0 spiro atoms. The van der Waals surface area contributed by atoms with E-state index in [1.807, 2.05) is 0 Å². The van der Waals surface area contributed by atoms with Crippen molar-refractivity contribution in [1.29, 1.82) is 10.7 Å². The van der Waals surface area contributed by atoms with E-state index in [-0.39, 0.29) is 11.6 Å². The van der Waals surface area contributed by atoms with E-state index >= 15 is 0 Å². The summed E-state index contributed by atoms with van der Waals surface area (Å²) in [6.45, 7) is 0.881. The first-order chi connectivity index (χ1) is 10.1. The first-order valence-electron chi connectivity index (χ1n) is 6.04. The summed E-state index contributed by atoms with van der Waals surface area (Å²) in [4.78, 5) is 11.7. The summed E-state index contributed by atoms with van der Waals surface area (Å²) in [5.74, 6) is -0.623. The van der Waals surface area contributed by atoms with Crippen molar-refractivity contribution in [2.24, 2.45) is 10.8 Å². The number of carbonyl (C=O) groups is 1. The summed E-state index contributed by atoms with van der Waals surface area (Å²) in [7, 11) is 1.56. The molecule has 0 unspecified atom stereocenters. The fourth-order valence-corrected chi connectivity index (χ4v) is 1.33. The second kappa shape index (κ2) is 8.29. The molecule has 0 fully saturated rings. The van der Waals surface area contributed by atoms with Crippen molar-refractivity contribution >= 4 is 23.1 Å². The topological polar surface area (TPSA) is 136 Å². The van der Waals surface area contributed by atoms with Gasteiger partial charge in [0.05, 0.1) is 12.3 Å². The van der Waals surface area contributed by atoms with E-state index in [2.05, 4.69) is 15.8 Å². The Morgan fingerprint density at radius 2 is 2.14 bits per heavy atom. The van der Waals surface area contributed by atoms with Crippen LogP contribution < -0.4 is 16.5 Å². The van der Waals surface area contributed by atoms with Crippen LogP contribution >= 0.6 is 0 Å². The maximum absolute atomic E-state index is 11.7. The standard InChI is InChI=1S/C13H16N6O2/c1-21-7-6-17-13(20)9-2-4-10(5-3-9)18-19-11(8-14)12(15)16/h2-5,18H,6-7H2,1H3,(H3,15,16)(H,17,20)/b19-11+. The second-order valence-electron chi connectivity index (χ2n) is 3.92. The summed E-state index contributed by atoms with van der Waals surface area (Å²) in [6.07, 6.45) is 0. The van der Waals surface area contributed by atoms with Crippen LogP contribution in [0.5, 0.6) is 0 Å². The van der Waals surface area contributed by atoms with Gasteiger partial charge in [-0.05, 0) is 24.3 Å². The van der Waals surface area contributed by atoms with E-state index in [1.165, 1.54) is 0 Å². The highest BCUT2D eigenvalue weighted by atomic mass is 16.5. The number of nitrogens with one attached hydrogen (secondary N) is 3. The minimum atomic E-state index is -0.417. The molecule has 0 heterocycles. The van der Waals surface area contributed by atoms with Gasteiger partial charge in [-0.15, -0.1) is 0 Å². The number of anilines is 1. The number of hydrogen-bond donors (Lipinski definition) is 4. The maximum atomic E-state index is 11.7. The number of nitrogens with two attached hydrogens (primary N) is 1. The number of hydrogen-bond acceptors (Lipinski definition) is 6. The number of carbonyl (C=O) groups excluding carboxylic acids is 1. The number of ether oxygens (including phenoxy) is 1. The van der Waals surface area contributed by atoms with Crippen molar-refractivity contribution < 1.29 is 9.53 Å². The van der Waals surface area contributed by atoms with E-state index in [0.717, 1.165) is 0 Å². The van der Waals surface area contributed by atoms with Crippen molar-refractivity contribution in [2.45, 2.75) is 0 Å². The predicted molar refractivity (Wildman–Crippen MR) is 79.2 cm³/mol. The molecule has 110 valence electrons. The lowest BCUT2D eigenvalue weighted by Gasteiger charge is -2.05. The van der Waals surface area contributed by atoms with Crippen LogP contribution in [0.25, 0.3) is 0 Å². The molecule has 0 bridgehead atoms. The Bertz CT molecular complexity index is 573. The number of rotatable bonds is 7. The number of amides is 1. The molecule has 0 aliphatic carbocycles. The van der Waals surface area contributed by atoms with Crippen molar-refractivity contribution in [3.05, 3.63) is 29.8 Å². The zero-order valence-electron chi connectivity index (χ0n) is 11.5. The lowest BCUT2D eigenvalue weighted by Crippen LogP contribution is -2.26. The van der Waals surface area contributed by atoms with Crippen LogP contribution in [0.15, 0.2) is 29.4 Å². The van der Waals surface area contributed by atoms with Gasteiger partial charge in [-0.3, -0.25) is 15.6 Å². The number of nitriles is 1. The Kier molecular flexibility index (Phi) is 6.37. The van der Waals surface area contributed by atoms with Gasteiger partial charge in [-0.1, -0.05) is 0 Å². The molecular weight excluding hydrogens is 272 g/mol. The summed E-state index contributed by atoms with van der Waals surface area (Å²) in [5, 5.41) is 22.2. The van der Waals surface area contributed by atoms with Gasteiger partial charge in [-0.25, -0.2) is 0 Å². The molecule has 0 aliphatic heterocycles. The molecule has 0 saturated heterocycles. The molecule has 0 aromatic heterocycles. The van der Waals surface area contributed by atoms with Crippen LogP contribution in [0.1, 0.15) is 10.4 Å². The quantitative estimate of drug-likeness (QED) is 0.247. The highest BCUT2D eigenvalue weighted by molar-refractivity contribution is 6.45. The van der Waals surface area contributed by atoms with Crippen molar-refractivity contribution in [3.63, 3.8) is 0 Å². The zero-order valence-corrected chi connectivity index (χ0v) is 11.5. The zero-order chi connectivity index (χ0) is 15.7. The summed E-state index contributed by atoms with van der Waals surface area (Å²) >= 11 is 0. The number of amidine groups is 1. The molecule has 5 N–H and O–H groups in total. The first-order valence-corrected chi connectivity index (χ1v) is 6.04. The maximum Gasteiger partial charge on any atom is 0.251 e. The molecule has 1 rings (SSSR count). The largest absolute Gasteiger partial charge is 0.383 e. The molecule has 1 amide bonds. The number of nitrogens with zero attached hydrogens (tertiary/aromatic N) is 2. The lowest BCUT2D eigenvalue weighted by molar-refractivity contribution is 0.0937. The normalized spacial score (nSPS) is 10.6. The Morgan fingerprint density at radius 3 is 2.67 bits per heavy atom. The van der Waals surface area contributed by atoms with E-state index in [9.17, 15) is 4.79 Å². The second-order valence-corrected chi connectivity index (χ2v) is 3.92. The molecule has 0 radical (unpaired) electrons. The Hall–Kier alpha value is -2.92. The molecule has 0 aliphatic rings. The van der Waals surface area contributed by atoms with Gasteiger partial charge < -0.3 is 15.8 Å². The number of hydrazone groups is 1. The number of benzene rings is 1. The van der Waals surface area contributed by atoms with Crippen molar-refractivity contribution in [3.8, 4) is 6.07 Å². The Morgan fingerprint density at radius 1 is 1.48 bits per heavy atom. The van der Waals surface area contributed by atoms with Gasteiger partial charge in [0.2, 0.25) is 5.71 Å². The summed E-state index contributed by atoms with van der Waals surface area (Å²) in [5.41, 5.74) is 8.60. The van der Waals surface area contributed by atoms with Crippen molar-refractivity contribution in [2.75, 3.05) is 25.7 Å². The molecule has 21 heavy (non-hydrogen) atoms. The van der Waals surface area contributed by atoms with Gasteiger partial charge in [0.1, 0.15) is 6.07 Å². The van der Waals surface area contributed by atoms with E-state index < -0.39 is 5.84 Å². The molecule has 8 nitrogen and oxygen atoms in total. The molecule has 1 aromatic rings. The highest BCUT2D eigenvalue weighted by Gasteiger charge is 2.05. The molecular formula is C13H16N6O2. The molecule has 0 atom stereocenters. The monoisotopic (exact) mass is 288 g/mol. The van der Waals surface area contributed by atoms with E-state index in [0.29, 0.717) is 24.4 Å². The molecule has 0 saturated carbocycles. The van der Waals surface area contributed by atoms with Crippen LogP contribution in [0.2, 0.25) is 0 Å². The van der Waals surface area contributed by atoms with Crippen LogP contribution in [-0.2, 0) is 4.74 Å². The third-order valence-electron chi connectivity index (χ3n) is 2.40. The van der Waals surface area contributed by atoms with Gasteiger partial charge in [-0.2, -0.15) is 10.4 Å². The van der Waals surface area contributed by atoms with Crippen molar-refractivity contribution in [1.82, 2.24) is 5.32 Å². The van der Waals surface area contributed by atoms with Crippen LogP contribution in [0.4, 0.5) is 5.69 Å². The fraction of sp³-hybridized carbons (Fsp3) is 0.231. The van der Waals surface area contributed by atoms with Gasteiger partial charge in [0.15, 0.2) is 5.84 Å². The SMILES string of the molecule is COCCNC(=O)c1ccc(N/N=C(\C#N)C(=N)N)cc1. The van der Waals surface area contributed by atoms with Gasteiger partial charge in [0, 0.05) is 19.2 Å². The molecule has 1 aromatic carbocycles. The third kappa shape index (κ3) is 5.30. The third-order valence-corrected chi connectivity index (χ3v) is 2.40. The van der Waals surface area contributed by atoms with Crippen LogP contribution in [0, 0.1) is 16.7 Å². The smallest absolute Gasteiger partial charge is 0.251 e. The summed E-state index contributed by atoms with van der Waals surface area (Å²) < 4.78 is 4.84. The molecule has 8 heteroatoms. The minimum absolute atomic E-state index is 0.205. The summed E-state index contributed by atoms with van der Waals surface area (Å²) in [6, 6.07) is 8.17. The Labute approximate surface area is 122 Å². The lowest BCUT2D eigenvalue weighted by atomic mass is 10.2. The van der Waals surface area contributed by atoms with Crippen LogP contribution in [-0.4, -0.2) is 37.7 Å². The number of methoxy groups -OCH3 is 1.